The van der Waals surface area contributed by atoms with E-state index in [0.717, 1.165) is 5.69 Å². The topological polar surface area (TPSA) is 55.1 Å². The lowest BCUT2D eigenvalue weighted by Gasteiger charge is -2.14. The van der Waals surface area contributed by atoms with E-state index in [1.807, 2.05) is 18.2 Å². The molecule has 15 heavy (non-hydrogen) atoms. The van der Waals surface area contributed by atoms with E-state index in [-0.39, 0.29) is 0 Å². The van der Waals surface area contributed by atoms with Crippen molar-refractivity contribution >= 4 is 11.7 Å². The first kappa shape index (κ1) is 10.0. The van der Waals surface area contributed by atoms with Crippen molar-refractivity contribution in [2.45, 2.75) is 31.6 Å². The molecule has 1 saturated carbocycles. The summed E-state index contributed by atoms with van der Waals surface area (Å²) in [5.41, 5.74) is 7.24. The summed E-state index contributed by atoms with van der Waals surface area (Å²) in [5.74, 6) is 0.591. The summed E-state index contributed by atoms with van der Waals surface area (Å²) in [6, 6.07) is 7.45. The molecule has 2 amide bonds. The fourth-order valence-electron chi connectivity index (χ4n) is 2.34. The Labute approximate surface area is 89.7 Å². The maximum Gasteiger partial charge on any atom is 0.316 e. The molecule has 0 heterocycles. The van der Waals surface area contributed by atoms with Crippen LogP contribution in [-0.4, -0.2) is 6.03 Å². The molecule has 0 saturated heterocycles. The van der Waals surface area contributed by atoms with Crippen LogP contribution in [0.4, 0.5) is 10.5 Å². The Morgan fingerprint density at radius 1 is 1.27 bits per heavy atom. The number of anilines is 1. The van der Waals surface area contributed by atoms with Crippen molar-refractivity contribution in [2.75, 3.05) is 5.32 Å². The zero-order valence-electron chi connectivity index (χ0n) is 8.70. The van der Waals surface area contributed by atoms with Gasteiger partial charge in [0.2, 0.25) is 0 Å². The lowest BCUT2D eigenvalue weighted by atomic mass is 9.96. The predicted octanol–water partition coefficient (Wildman–Crippen LogP) is 2.83. The van der Waals surface area contributed by atoms with Gasteiger partial charge in [0.25, 0.3) is 0 Å². The molecule has 3 nitrogen and oxygen atoms in total. The monoisotopic (exact) mass is 204 g/mol. The Hall–Kier alpha value is -1.51. The third-order valence-electron chi connectivity index (χ3n) is 3.01. The summed E-state index contributed by atoms with van der Waals surface area (Å²) < 4.78 is 0. The zero-order valence-corrected chi connectivity index (χ0v) is 8.70. The van der Waals surface area contributed by atoms with Crippen molar-refractivity contribution in [1.29, 1.82) is 0 Å². The maximum atomic E-state index is 10.8. The molecule has 1 aromatic rings. The minimum atomic E-state index is -0.486. The van der Waals surface area contributed by atoms with Crippen LogP contribution in [-0.2, 0) is 0 Å². The van der Waals surface area contributed by atoms with Gasteiger partial charge in [0.1, 0.15) is 0 Å². The quantitative estimate of drug-likeness (QED) is 0.764. The van der Waals surface area contributed by atoms with Crippen LogP contribution < -0.4 is 11.1 Å². The highest BCUT2D eigenvalue weighted by molar-refractivity contribution is 5.88. The molecule has 0 bridgehead atoms. The number of nitrogens with one attached hydrogen (secondary N) is 1. The van der Waals surface area contributed by atoms with Crippen molar-refractivity contribution in [3.63, 3.8) is 0 Å². The average molecular weight is 204 g/mol. The fourth-order valence-corrected chi connectivity index (χ4v) is 2.34. The third-order valence-corrected chi connectivity index (χ3v) is 3.01. The predicted molar refractivity (Wildman–Crippen MR) is 60.9 cm³/mol. The summed E-state index contributed by atoms with van der Waals surface area (Å²) in [6.45, 7) is 0. The molecule has 1 fully saturated rings. The van der Waals surface area contributed by atoms with E-state index in [1.54, 1.807) is 0 Å². The number of amides is 2. The largest absolute Gasteiger partial charge is 0.351 e. The minimum Gasteiger partial charge on any atom is -0.351 e. The molecule has 0 aliphatic heterocycles. The molecule has 0 aromatic heterocycles. The van der Waals surface area contributed by atoms with Crippen molar-refractivity contribution in [3.8, 4) is 0 Å². The highest BCUT2D eigenvalue weighted by Crippen LogP contribution is 2.37. The highest BCUT2D eigenvalue weighted by atomic mass is 16.2. The lowest BCUT2D eigenvalue weighted by molar-refractivity contribution is 0.259. The normalized spacial score (nSPS) is 16.5. The van der Waals surface area contributed by atoms with Gasteiger partial charge in [0.05, 0.1) is 0 Å². The molecule has 1 aliphatic rings. The Kier molecular flexibility index (Phi) is 2.90. The number of para-hydroxylation sites is 1. The number of hydrogen-bond acceptors (Lipinski definition) is 1. The van der Waals surface area contributed by atoms with E-state index in [1.165, 1.54) is 31.2 Å². The molecule has 0 atom stereocenters. The Balaban J connectivity index is 2.24. The molecule has 0 radical (unpaired) electrons. The number of benzene rings is 1. The van der Waals surface area contributed by atoms with E-state index in [0.29, 0.717) is 5.92 Å². The number of nitrogens with two attached hydrogens (primary N) is 1. The fraction of sp³-hybridized carbons (Fsp3) is 0.417. The minimum absolute atomic E-state index is 0.486. The second-order valence-electron chi connectivity index (χ2n) is 4.06. The first-order valence-electron chi connectivity index (χ1n) is 5.43. The zero-order chi connectivity index (χ0) is 10.7. The molecule has 0 spiro atoms. The van der Waals surface area contributed by atoms with Gasteiger partial charge in [0, 0.05) is 5.69 Å². The van der Waals surface area contributed by atoms with Gasteiger partial charge in [-0.15, -0.1) is 0 Å². The van der Waals surface area contributed by atoms with E-state index >= 15 is 0 Å². The van der Waals surface area contributed by atoms with Gasteiger partial charge in [-0.05, 0) is 30.4 Å². The molecule has 0 unspecified atom stereocenters. The van der Waals surface area contributed by atoms with Crippen LogP contribution in [0.15, 0.2) is 24.3 Å². The Morgan fingerprint density at radius 3 is 2.60 bits per heavy atom. The van der Waals surface area contributed by atoms with Gasteiger partial charge < -0.3 is 11.1 Å². The van der Waals surface area contributed by atoms with E-state index in [4.69, 9.17) is 5.73 Å². The van der Waals surface area contributed by atoms with Crippen LogP contribution in [0, 0.1) is 0 Å². The summed E-state index contributed by atoms with van der Waals surface area (Å²) in [7, 11) is 0. The number of hydrogen-bond donors (Lipinski definition) is 2. The van der Waals surface area contributed by atoms with Gasteiger partial charge in [-0.3, -0.25) is 0 Å². The first-order chi connectivity index (χ1) is 7.27. The van der Waals surface area contributed by atoms with Gasteiger partial charge in [0.15, 0.2) is 0 Å². The van der Waals surface area contributed by atoms with Crippen LogP contribution in [0.1, 0.15) is 37.2 Å². The van der Waals surface area contributed by atoms with E-state index < -0.39 is 6.03 Å². The molecule has 1 aliphatic carbocycles. The van der Waals surface area contributed by atoms with Crippen molar-refractivity contribution in [2.24, 2.45) is 5.73 Å². The van der Waals surface area contributed by atoms with Crippen LogP contribution >= 0.6 is 0 Å². The van der Waals surface area contributed by atoms with Crippen molar-refractivity contribution in [1.82, 2.24) is 0 Å². The van der Waals surface area contributed by atoms with Crippen LogP contribution in [0.25, 0.3) is 0 Å². The molecular weight excluding hydrogens is 188 g/mol. The second kappa shape index (κ2) is 4.34. The molecule has 1 aromatic carbocycles. The van der Waals surface area contributed by atoms with E-state index in [9.17, 15) is 4.79 Å². The van der Waals surface area contributed by atoms with Crippen molar-refractivity contribution in [3.05, 3.63) is 29.8 Å². The molecule has 3 heteroatoms. The SMILES string of the molecule is NC(=O)Nc1ccccc1C1CCCC1. The van der Waals surface area contributed by atoms with E-state index in [2.05, 4.69) is 11.4 Å². The van der Waals surface area contributed by atoms with Crippen LogP contribution in [0.2, 0.25) is 0 Å². The molecule has 80 valence electrons. The Bertz CT molecular complexity index is 356. The Morgan fingerprint density at radius 2 is 1.93 bits per heavy atom. The number of rotatable bonds is 2. The summed E-state index contributed by atoms with van der Waals surface area (Å²) in [6.07, 6.45) is 5.01. The third kappa shape index (κ3) is 2.29. The number of carbonyl (C=O) groups excluding carboxylic acids is 1. The standard InChI is InChI=1S/C12H16N2O/c13-12(15)14-11-8-4-3-7-10(11)9-5-1-2-6-9/h3-4,7-9H,1-2,5-6H2,(H3,13,14,15). The smallest absolute Gasteiger partial charge is 0.316 e. The van der Waals surface area contributed by atoms with Gasteiger partial charge >= 0.3 is 6.03 Å². The number of carbonyl (C=O) groups is 1. The second-order valence-corrected chi connectivity index (χ2v) is 4.06. The summed E-state index contributed by atoms with van der Waals surface area (Å²) >= 11 is 0. The molecule has 2 rings (SSSR count). The maximum absolute atomic E-state index is 10.8. The highest BCUT2D eigenvalue weighted by Gasteiger charge is 2.19. The molecular formula is C12H16N2O. The lowest BCUT2D eigenvalue weighted by Crippen LogP contribution is -2.20. The van der Waals surface area contributed by atoms with Crippen molar-refractivity contribution < 1.29 is 4.79 Å². The molecule has 3 N–H and O–H groups in total. The van der Waals surface area contributed by atoms with Crippen LogP contribution in [0.3, 0.4) is 0 Å². The number of urea groups is 1. The summed E-state index contributed by atoms with van der Waals surface area (Å²) in [4.78, 5) is 10.8. The summed E-state index contributed by atoms with van der Waals surface area (Å²) in [5, 5.41) is 2.69. The van der Waals surface area contributed by atoms with Crippen LogP contribution in [0.5, 0.6) is 0 Å². The first-order valence-corrected chi connectivity index (χ1v) is 5.43. The van der Waals surface area contributed by atoms with Gasteiger partial charge in [-0.2, -0.15) is 0 Å². The number of primary amides is 1. The average Bonchev–Trinajstić information content (AvgIpc) is 2.70. The van der Waals surface area contributed by atoms with Gasteiger partial charge in [-0.1, -0.05) is 31.0 Å². The van der Waals surface area contributed by atoms with Gasteiger partial charge in [-0.25, -0.2) is 4.79 Å².